The monoisotopic (exact) mass is 355 g/mol. The molecule has 1 aliphatic rings. The van der Waals surface area contributed by atoms with Crippen molar-refractivity contribution in [2.45, 2.75) is 19.4 Å². The van der Waals surface area contributed by atoms with Crippen LogP contribution < -0.4 is 4.74 Å². The summed E-state index contributed by atoms with van der Waals surface area (Å²) < 4.78 is 33.2. The van der Waals surface area contributed by atoms with Crippen molar-refractivity contribution in [1.29, 1.82) is 0 Å². The topological polar surface area (TPSA) is 90.0 Å². The van der Waals surface area contributed by atoms with E-state index in [9.17, 15) is 18.0 Å². The minimum absolute atomic E-state index is 0.0396. The largest absolute Gasteiger partial charge is 0.494 e. The standard InChI is InChI=1S/C16H21NO6S/c1-3-22-14-6-4-12(5-7-14)16(19)23-10-15(18)17(2)13-8-9-24(20,21)11-13/h4-7,13H,3,8-11H2,1-2H3/t13-/m0/s1. The van der Waals surface area contributed by atoms with Crippen molar-refractivity contribution in [3.63, 3.8) is 0 Å². The normalized spacial score (nSPS) is 18.8. The molecule has 0 radical (unpaired) electrons. The van der Waals surface area contributed by atoms with E-state index in [-0.39, 0.29) is 17.5 Å². The summed E-state index contributed by atoms with van der Waals surface area (Å²) in [6, 6.07) is 6.07. The van der Waals surface area contributed by atoms with Crippen molar-refractivity contribution in [2.24, 2.45) is 0 Å². The summed E-state index contributed by atoms with van der Waals surface area (Å²) in [4.78, 5) is 25.3. The third-order valence-corrected chi connectivity index (χ3v) is 5.63. The molecule has 7 nitrogen and oxygen atoms in total. The Hall–Kier alpha value is -2.09. The molecule has 1 heterocycles. The summed E-state index contributed by atoms with van der Waals surface area (Å²) in [7, 11) is -1.54. The average molecular weight is 355 g/mol. The van der Waals surface area contributed by atoms with Crippen molar-refractivity contribution in [3.05, 3.63) is 29.8 Å². The van der Waals surface area contributed by atoms with E-state index in [2.05, 4.69) is 0 Å². The zero-order valence-electron chi connectivity index (χ0n) is 13.7. The van der Waals surface area contributed by atoms with Gasteiger partial charge in [-0.05, 0) is 37.6 Å². The molecule has 1 aromatic carbocycles. The van der Waals surface area contributed by atoms with Crippen LogP contribution in [0, 0.1) is 0 Å². The number of nitrogens with zero attached hydrogens (tertiary/aromatic N) is 1. The summed E-state index contributed by atoms with van der Waals surface area (Å²) in [5, 5.41) is 0. The first-order chi connectivity index (χ1) is 11.3. The molecule has 24 heavy (non-hydrogen) atoms. The number of amides is 1. The summed E-state index contributed by atoms with van der Waals surface area (Å²) in [5.41, 5.74) is 0.317. The molecule has 2 rings (SSSR count). The van der Waals surface area contributed by atoms with Crippen LogP contribution in [-0.2, 0) is 19.4 Å². The fraction of sp³-hybridized carbons (Fsp3) is 0.500. The Morgan fingerprint density at radius 3 is 2.46 bits per heavy atom. The number of hydrogen-bond acceptors (Lipinski definition) is 6. The van der Waals surface area contributed by atoms with Gasteiger partial charge >= 0.3 is 5.97 Å². The number of hydrogen-bond donors (Lipinski definition) is 0. The minimum Gasteiger partial charge on any atom is -0.494 e. The van der Waals surface area contributed by atoms with Crippen LogP contribution in [0.25, 0.3) is 0 Å². The molecule has 1 aromatic rings. The van der Waals surface area contributed by atoms with E-state index in [1.54, 1.807) is 24.3 Å². The highest BCUT2D eigenvalue weighted by molar-refractivity contribution is 7.91. The van der Waals surface area contributed by atoms with Crippen LogP contribution in [0.4, 0.5) is 0 Å². The van der Waals surface area contributed by atoms with Crippen molar-refractivity contribution >= 4 is 21.7 Å². The number of rotatable bonds is 6. The molecule has 1 saturated heterocycles. The number of carbonyl (C=O) groups excluding carboxylic acids is 2. The van der Waals surface area contributed by atoms with Gasteiger partial charge in [-0.1, -0.05) is 0 Å². The first-order valence-corrected chi connectivity index (χ1v) is 9.50. The SMILES string of the molecule is CCOc1ccc(C(=O)OCC(=O)N(C)[C@H]2CCS(=O)(=O)C2)cc1. The Labute approximate surface area is 141 Å². The molecule has 0 N–H and O–H groups in total. The van der Waals surface area contributed by atoms with Crippen molar-refractivity contribution in [3.8, 4) is 5.75 Å². The fourth-order valence-corrected chi connectivity index (χ4v) is 4.23. The molecule has 0 saturated carbocycles. The van der Waals surface area contributed by atoms with Gasteiger partial charge in [0.15, 0.2) is 16.4 Å². The van der Waals surface area contributed by atoms with Crippen LogP contribution in [0.2, 0.25) is 0 Å². The van der Waals surface area contributed by atoms with Gasteiger partial charge in [-0.25, -0.2) is 13.2 Å². The third kappa shape index (κ3) is 4.70. The smallest absolute Gasteiger partial charge is 0.338 e. The van der Waals surface area contributed by atoms with Gasteiger partial charge in [0.05, 0.1) is 23.7 Å². The van der Waals surface area contributed by atoms with Crippen molar-refractivity contribution < 1.29 is 27.5 Å². The maximum atomic E-state index is 12.1. The quantitative estimate of drug-likeness (QED) is 0.704. The molecule has 1 atom stereocenters. The second-order valence-electron chi connectivity index (χ2n) is 5.60. The van der Waals surface area contributed by atoms with Crippen LogP contribution in [-0.4, -0.2) is 63.0 Å². The predicted molar refractivity (Wildman–Crippen MR) is 87.7 cm³/mol. The van der Waals surface area contributed by atoms with Crippen molar-refractivity contribution in [1.82, 2.24) is 4.90 Å². The molecule has 0 aromatic heterocycles. The Kier molecular flexibility index (Phi) is 5.82. The van der Waals surface area contributed by atoms with Gasteiger partial charge in [-0.3, -0.25) is 4.79 Å². The summed E-state index contributed by atoms with van der Waals surface area (Å²) in [5.74, 6) is -0.342. The zero-order valence-corrected chi connectivity index (χ0v) is 14.5. The molecule has 1 amide bonds. The molecule has 0 bridgehead atoms. The van der Waals surface area contributed by atoms with E-state index < -0.39 is 28.3 Å². The maximum absolute atomic E-state index is 12.1. The Bertz CT molecular complexity index is 698. The Morgan fingerprint density at radius 2 is 1.92 bits per heavy atom. The van der Waals surface area contributed by atoms with Crippen LogP contribution in [0.1, 0.15) is 23.7 Å². The van der Waals surface area contributed by atoms with Crippen LogP contribution >= 0.6 is 0 Å². The zero-order chi connectivity index (χ0) is 17.7. The van der Waals surface area contributed by atoms with E-state index in [1.165, 1.54) is 11.9 Å². The van der Waals surface area contributed by atoms with Crippen molar-refractivity contribution in [2.75, 3.05) is 31.8 Å². The highest BCUT2D eigenvalue weighted by Gasteiger charge is 2.32. The van der Waals surface area contributed by atoms with Gasteiger partial charge in [-0.2, -0.15) is 0 Å². The lowest BCUT2D eigenvalue weighted by molar-refractivity contribution is -0.134. The van der Waals surface area contributed by atoms with Gasteiger partial charge < -0.3 is 14.4 Å². The van der Waals surface area contributed by atoms with E-state index in [4.69, 9.17) is 9.47 Å². The summed E-state index contributed by atoms with van der Waals surface area (Å²) >= 11 is 0. The lowest BCUT2D eigenvalue weighted by Gasteiger charge is -2.23. The Morgan fingerprint density at radius 1 is 1.25 bits per heavy atom. The summed E-state index contributed by atoms with van der Waals surface area (Å²) in [6.45, 7) is 1.97. The maximum Gasteiger partial charge on any atom is 0.338 e. The molecule has 0 aliphatic carbocycles. The molecular weight excluding hydrogens is 334 g/mol. The number of esters is 1. The highest BCUT2D eigenvalue weighted by atomic mass is 32.2. The van der Waals surface area contributed by atoms with Gasteiger partial charge in [0.25, 0.3) is 5.91 Å². The number of benzene rings is 1. The number of likely N-dealkylation sites (N-methyl/N-ethyl adjacent to an activating group) is 1. The molecular formula is C16H21NO6S. The first kappa shape index (κ1) is 18.3. The van der Waals surface area contributed by atoms with E-state index in [0.29, 0.717) is 24.3 Å². The molecule has 0 spiro atoms. The molecule has 8 heteroatoms. The van der Waals surface area contributed by atoms with Crippen LogP contribution in [0.15, 0.2) is 24.3 Å². The van der Waals surface area contributed by atoms with Gasteiger partial charge in [0.1, 0.15) is 5.75 Å². The first-order valence-electron chi connectivity index (χ1n) is 7.68. The van der Waals surface area contributed by atoms with E-state index >= 15 is 0 Å². The van der Waals surface area contributed by atoms with Gasteiger partial charge in [-0.15, -0.1) is 0 Å². The van der Waals surface area contributed by atoms with Gasteiger partial charge in [0.2, 0.25) is 0 Å². The average Bonchev–Trinajstić information content (AvgIpc) is 2.92. The third-order valence-electron chi connectivity index (χ3n) is 3.88. The molecule has 1 fully saturated rings. The Balaban J connectivity index is 1.85. The molecule has 132 valence electrons. The van der Waals surface area contributed by atoms with E-state index in [0.717, 1.165) is 0 Å². The second kappa shape index (κ2) is 7.65. The van der Waals surface area contributed by atoms with Crippen LogP contribution in [0.3, 0.4) is 0 Å². The van der Waals surface area contributed by atoms with Gasteiger partial charge in [0, 0.05) is 13.1 Å². The number of carbonyl (C=O) groups is 2. The minimum atomic E-state index is -3.07. The number of ether oxygens (including phenoxy) is 2. The summed E-state index contributed by atoms with van der Waals surface area (Å²) in [6.07, 6.45) is 0.414. The highest BCUT2D eigenvalue weighted by Crippen LogP contribution is 2.17. The predicted octanol–water partition coefficient (Wildman–Crippen LogP) is 0.888. The lowest BCUT2D eigenvalue weighted by Crippen LogP contribution is -2.40. The fourth-order valence-electron chi connectivity index (χ4n) is 2.45. The second-order valence-corrected chi connectivity index (χ2v) is 7.82. The lowest BCUT2D eigenvalue weighted by atomic mass is 10.2. The molecule has 1 aliphatic heterocycles. The van der Waals surface area contributed by atoms with E-state index in [1.807, 2.05) is 6.92 Å². The number of sulfone groups is 1. The molecule has 0 unspecified atom stereocenters. The van der Waals surface area contributed by atoms with Crippen LogP contribution in [0.5, 0.6) is 5.75 Å².